The summed E-state index contributed by atoms with van der Waals surface area (Å²) in [5, 5.41) is 33.2. The molecule has 0 amide bonds. The zero-order valence-electron chi connectivity index (χ0n) is 15.4. The molecule has 3 unspecified atom stereocenters. The monoisotopic (exact) mass is 413 g/mol. The lowest BCUT2D eigenvalue weighted by Crippen LogP contribution is -2.38. The highest BCUT2D eigenvalue weighted by Gasteiger charge is 2.51. The SMILES string of the molecule is O=C(O)CCON=C1C[C@H]2C(O)C(C=CC(O)c3ccccc3C(F)(F)F)C[C@H]12. The molecule has 1 aromatic rings. The van der Waals surface area contributed by atoms with Crippen LogP contribution in [-0.2, 0) is 15.8 Å². The first-order valence-corrected chi connectivity index (χ1v) is 9.29. The van der Waals surface area contributed by atoms with E-state index in [9.17, 15) is 28.2 Å². The lowest BCUT2D eigenvalue weighted by molar-refractivity contribution is -0.139. The molecular formula is C20H22F3NO5. The molecule has 1 aromatic carbocycles. The standard InChI is InChI=1S/C20H22F3NO5/c21-20(22,23)15-4-2-1-3-12(15)17(25)6-5-11-9-13-14(19(11)28)10-16(13)24-29-8-7-18(26)27/h1-6,11,13-14,17,19,25,28H,7-10H2,(H,26,27)/t11?,13-,14+,17?,19?/m0/s1. The summed E-state index contributed by atoms with van der Waals surface area (Å²) in [6.07, 6.45) is -2.93. The zero-order chi connectivity index (χ0) is 21.2. The number of benzene rings is 1. The molecule has 0 bridgehead atoms. The molecule has 6 nitrogen and oxygen atoms in total. The van der Waals surface area contributed by atoms with Gasteiger partial charge in [-0.3, -0.25) is 4.79 Å². The summed E-state index contributed by atoms with van der Waals surface area (Å²) in [6, 6.07) is 4.84. The molecule has 5 atom stereocenters. The van der Waals surface area contributed by atoms with Gasteiger partial charge in [-0.1, -0.05) is 35.5 Å². The van der Waals surface area contributed by atoms with E-state index in [2.05, 4.69) is 5.16 Å². The Kier molecular flexibility index (Phi) is 6.28. The first-order chi connectivity index (χ1) is 13.7. The number of aliphatic hydroxyl groups excluding tert-OH is 2. The molecule has 0 radical (unpaired) electrons. The molecule has 9 heteroatoms. The van der Waals surface area contributed by atoms with Crippen molar-refractivity contribution < 1.29 is 38.1 Å². The molecule has 0 saturated heterocycles. The van der Waals surface area contributed by atoms with Gasteiger partial charge in [0.1, 0.15) is 6.61 Å². The number of carboxylic acid groups (broad SMARTS) is 1. The van der Waals surface area contributed by atoms with E-state index in [-0.39, 0.29) is 36.3 Å². The van der Waals surface area contributed by atoms with Crippen LogP contribution in [0.25, 0.3) is 0 Å². The smallest absolute Gasteiger partial charge is 0.416 e. The van der Waals surface area contributed by atoms with E-state index in [0.29, 0.717) is 12.8 Å². The molecule has 29 heavy (non-hydrogen) atoms. The molecule has 2 aliphatic rings. The van der Waals surface area contributed by atoms with Gasteiger partial charge in [0.25, 0.3) is 0 Å². The lowest BCUT2D eigenvalue weighted by Gasteiger charge is -2.33. The van der Waals surface area contributed by atoms with Crippen LogP contribution in [0.3, 0.4) is 0 Å². The minimum absolute atomic E-state index is 0.0101. The quantitative estimate of drug-likeness (QED) is 0.362. The highest BCUT2D eigenvalue weighted by molar-refractivity contribution is 5.93. The van der Waals surface area contributed by atoms with Crippen LogP contribution in [-0.4, -0.2) is 39.7 Å². The van der Waals surface area contributed by atoms with Crippen molar-refractivity contribution in [2.24, 2.45) is 22.9 Å². The van der Waals surface area contributed by atoms with Gasteiger partial charge in [-0.05, 0) is 30.4 Å². The number of aliphatic hydroxyl groups is 2. The molecule has 3 N–H and O–H groups in total. The third kappa shape index (κ3) is 4.79. The van der Waals surface area contributed by atoms with Gasteiger partial charge >= 0.3 is 12.1 Å². The van der Waals surface area contributed by atoms with Crippen LogP contribution in [0.4, 0.5) is 13.2 Å². The summed E-state index contributed by atoms with van der Waals surface area (Å²) in [7, 11) is 0. The maximum Gasteiger partial charge on any atom is 0.416 e. The van der Waals surface area contributed by atoms with Crippen LogP contribution in [0.2, 0.25) is 0 Å². The number of oxime groups is 1. The van der Waals surface area contributed by atoms with E-state index in [1.165, 1.54) is 24.3 Å². The largest absolute Gasteiger partial charge is 0.481 e. The first kappa shape index (κ1) is 21.3. The molecule has 0 aliphatic heterocycles. The Labute approximate surface area is 165 Å². The van der Waals surface area contributed by atoms with E-state index in [1.54, 1.807) is 6.08 Å². The van der Waals surface area contributed by atoms with Gasteiger partial charge in [-0.2, -0.15) is 13.2 Å². The van der Waals surface area contributed by atoms with Gasteiger partial charge in [0, 0.05) is 11.8 Å². The maximum absolute atomic E-state index is 13.1. The second-order valence-electron chi connectivity index (χ2n) is 7.34. The first-order valence-electron chi connectivity index (χ1n) is 9.29. The third-order valence-corrected chi connectivity index (χ3v) is 5.51. The molecule has 2 aliphatic carbocycles. The number of carbonyl (C=O) groups is 1. The normalized spacial score (nSPS) is 28.9. The number of hydrogen-bond donors (Lipinski definition) is 3. The molecule has 3 rings (SSSR count). The summed E-state index contributed by atoms with van der Waals surface area (Å²) < 4.78 is 39.3. The Morgan fingerprint density at radius 1 is 1.34 bits per heavy atom. The summed E-state index contributed by atoms with van der Waals surface area (Å²) in [6.45, 7) is -0.0348. The molecule has 2 fully saturated rings. The number of hydrogen-bond acceptors (Lipinski definition) is 5. The number of nitrogens with zero attached hydrogens (tertiary/aromatic N) is 1. The van der Waals surface area contributed by atoms with Gasteiger partial charge in [-0.25, -0.2) is 0 Å². The fraction of sp³-hybridized carbons (Fsp3) is 0.500. The summed E-state index contributed by atoms with van der Waals surface area (Å²) in [5.74, 6) is -1.33. The van der Waals surface area contributed by atoms with E-state index in [4.69, 9.17) is 9.94 Å². The Morgan fingerprint density at radius 2 is 2.07 bits per heavy atom. The van der Waals surface area contributed by atoms with Crippen LogP contribution in [0.1, 0.15) is 36.5 Å². The summed E-state index contributed by atoms with van der Waals surface area (Å²) in [5.41, 5.74) is -0.379. The fourth-order valence-electron chi connectivity index (χ4n) is 3.97. The number of rotatable bonds is 7. The Bertz CT molecular complexity index is 808. The third-order valence-electron chi connectivity index (χ3n) is 5.51. The molecule has 0 spiro atoms. The minimum Gasteiger partial charge on any atom is -0.481 e. The number of fused-ring (bicyclic) bond motifs is 1. The minimum atomic E-state index is -4.57. The van der Waals surface area contributed by atoms with Gasteiger partial charge < -0.3 is 20.2 Å². The average Bonchev–Trinajstić information content (AvgIpc) is 2.89. The predicted molar refractivity (Wildman–Crippen MR) is 96.9 cm³/mol. The van der Waals surface area contributed by atoms with E-state index in [0.717, 1.165) is 11.8 Å². The highest BCUT2D eigenvalue weighted by Crippen LogP contribution is 2.48. The van der Waals surface area contributed by atoms with Crippen molar-refractivity contribution in [2.45, 2.75) is 37.6 Å². The topological polar surface area (TPSA) is 99.4 Å². The van der Waals surface area contributed by atoms with Crippen LogP contribution in [0, 0.1) is 17.8 Å². The van der Waals surface area contributed by atoms with Gasteiger partial charge in [0.05, 0.1) is 29.9 Å². The predicted octanol–water partition coefficient (Wildman–Crippen LogP) is 3.16. The summed E-state index contributed by atoms with van der Waals surface area (Å²) in [4.78, 5) is 15.4. The number of carboxylic acids is 1. The van der Waals surface area contributed by atoms with Crippen LogP contribution >= 0.6 is 0 Å². The van der Waals surface area contributed by atoms with Crippen molar-refractivity contribution in [1.82, 2.24) is 0 Å². The van der Waals surface area contributed by atoms with E-state index >= 15 is 0 Å². The Morgan fingerprint density at radius 3 is 2.76 bits per heavy atom. The van der Waals surface area contributed by atoms with Crippen molar-refractivity contribution in [3.63, 3.8) is 0 Å². The van der Waals surface area contributed by atoms with Crippen molar-refractivity contribution in [2.75, 3.05) is 6.61 Å². The molecule has 158 valence electrons. The van der Waals surface area contributed by atoms with Crippen molar-refractivity contribution in [1.29, 1.82) is 0 Å². The molecule has 0 aromatic heterocycles. The number of halogens is 3. The number of alkyl halides is 3. The van der Waals surface area contributed by atoms with Crippen molar-refractivity contribution in [3.8, 4) is 0 Å². The lowest BCUT2D eigenvalue weighted by atomic mass is 9.73. The maximum atomic E-state index is 13.1. The fourth-order valence-corrected chi connectivity index (χ4v) is 3.97. The van der Waals surface area contributed by atoms with Crippen molar-refractivity contribution >= 4 is 11.7 Å². The second kappa shape index (κ2) is 8.54. The number of aliphatic carboxylic acids is 1. The highest BCUT2D eigenvalue weighted by atomic mass is 19.4. The van der Waals surface area contributed by atoms with E-state index < -0.39 is 29.9 Å². The molecular weight excluding hydrogens is 391 g/mol. The van der Waals surface area contributed by atoms with Gasteiger partial charge in [0.2, 0.25) is 0 Å². The molecule has 2 saturated carbocycles. The Balaban J connectivity index is 1.61. The molecule has 0 heterocycles. The zero-order valence-corrected chi connectivity index (χ0v) is 15.4. The van der Waals surface area contributed by atoms with Crippen LogP contribution < -0.4 is 0 Å². The second-order valence-corrected chi connectivity index (χ2v) is 7.34. The average molecular weight is 413 g/mol. The van der Waals surface area contributed by atoms with Crippen LogP contribution in [0.15, 0.2) is 41.6 Å². The van der Waals surface area contributed by atoms with E-state index in [1.807, 2.05) is 0 Å². The Hall–Kier alpha value is -2.39. The van der Waals surface area contributed by atoms with Crippen LogP contribution in [0.5, 0.6) is 0 Å². The van der Waals surface area contributed by atoms with Gasteiger partial charge in [0.15, 0.2) is 0 Å². The summed E-state index contributed by atoms with van der Waals surface area (Å²) >= 11 is 0. The van der Waals surface area contributed by atoms with Crippen molar-refractivity contribution in [3.05, 3.63) is 47.5 Å². The van der Waals surface area contributed by atoms with Gasteiger partial charge in [-0.15, -0.1) is 0 Å².